The van der Waals surface area contributed by atoms with E-state index in [0.29, 0.717) is 6.54 Å². The molecular formula is C20H25N3O2. The number of carbonyl (C=O) groups excluding carboxylic acids is 1. The average molecular weight is 339 g/mol. The van der Waals surface area contributed by atoms with E-state index < -0.39 is 0 Å². The Hall–Kier alpha value is -2.40. The number of carbonyl (C=O) groups is 1. The Morgan fingerprint density at radius 2 is 1.84 bits per heavy atom. The van der Waals surface area contributed by atoms with Crippen molar-refractivity contribution in [1.29, 1.82) is 0 Å². The fraction of sp³-hybridized carbons (Fsp3) is 0.400. The lowest BCUT2D eigenvalue weighted by Gasteiger charge is -2.41. The monoisotopic (exact) mass is 339 g/mol. The quantitative estimate of drug-likeness (QED) is 0.904. The zero-order valence-electron chi connectivity index (χ0n) is 14.9. The van der Waals surface area contributed by atoms with E-state index in [0.717, 1.165) is 19.5 Å². The maximum absolute atomic E-state index is 12.2. The van der Waals surface area contributed by atoms with Gasteiger partial charge in [-0.2, -0.15) is 0 Å². The van der Waals surface area contributed by atoms with Gasteiger partial charge in [0.05, 0.1) is 0 Å². The molecule has 1 N–H and O–H groups in total. The van der Waals surface area contributed by atoms with Crippen LogP contribution in [0, 0.1) is 0 Å². The summed E-state index contributed by atoms with van der Waals surface area (Å²) in [5.74, 6) is -0.140. The molecule has 1 aromatic heterocycles. The van der Waals surface area contributed by atoms with E-state index in [-0.39, 0.29) is 23.6 Å². The number of amides is 1. The first-order valence-electron chi connectivity index (χ1n) is 8.70. The van der Waals surface area contributed by atoms with Crippen LogP contribution in [-0.4, -0.2) is 34.0 Å². The molecule has 0 atom stereocenters. The van der Waals surface area contributed by atoms with Gasteiger partial charge in [0.1, 0.15) is 6.54 Å². The number of pyridine rings is 1. The molecule has 132 valence electrons. The molecule has 0 saturated heterocycles. The van der Waals surface area contributed by atoms with E-state index in [1.54, 1.807) is 18.3 Å². The van der Waals surface area contributed by atoms with Gasteiger partial charge in [0.25, 0.3) is 5.56 Å². The molecule has 5 heteroatoms. The third-order valence-corrected chi connectivity index (χ3v) is 4.92. The number of rotatable bonds is 5. The highest BCUT2D eigenvalue weighted by Crippen LogP contribution is 2.24. The van der Waals surface area contributed by atoms with Crippen LogP contribution in [0.25, 0.3) is 0 Å². The molecule has 0 fully saturated rings. The molecule has 2 aromatic rings. The van der Waals surface area contributed by atoms with Crippen LogP contribution in [0.1, 0.15) is 25.0 Å². The van der Waals surface area contributed by atoms with Crippen molar-refractivity contribution in [2.24, 2.45) is 0 Å². The Balaban J connectivity index is 1.58. The van der Waals surface area contributed by atoms with Crippen LogP contribution in [0.15, 0.2) is 53.5 Å². The molecule has 0 unspecified atom stereocenters. The van der Waals surface area contributed by atoms with Crippen LogP contribution in [0.2, 0.25) is 0 Å². The van der Waals surface area contributed by atoms with E-state index in [1.807, 2.05) is 0 Å². The van der Waals surface area contributed by atoms with Gasteiger partial charge in [0.2, 0.25) is 5.91 Å². The molecule has 0 spiro atoms. The molecule has 5 nitrogen and oxygen atoms in total. The summed E-state index contributed by atoms with van der Waals surface area (Å²) in [7, 11) is 0. The smallest absolute Gasteiger partial charge is 0.250 e. The van der Waals surface area contributed by atoms with E-state index in [1.165, 1.54) is 21.8 Å². The molecule has 0 bridgehead atoms. The average Bonchev–Trinajstić information content (AvgIpc) is 2.62. The highest BCUT2D eigenvalue weighted by atomic mass is 16.2. The first-order chi connectivity index (χ1) is 12.0. The third kappa shape index (κ3) is 4.17. The lowest BCUT2D eigenvalue weighted by Crippen LogP contribution is -2.53. The van der Waals surface area contributed by atoms with Crippen LogP contribution in [0.3, 0.4) is 0 Å². The molecule has 1 aromatic carbocycles. The first kappa shape index (κ1) is 17.4. The van der Waals surface area contributed by atoms with Gasteiger partial charge in [-0.1, -0.05) is 30.3 Å². The predicted octanol–water partition coefficient (Wildman–Crippen LogP) is 1.80. The number of hydrogen-bond donors (Lipinski definition) is 1. The van der Waals surface area contributed by atoms with E-state index >= 15 is 0 Å². The highest BCUT2D eigenvalue weighted by molar-refractivity contribution is 5.75. The van der Waals surface area contributed by atoms with Gasteiger partial charge >= 0.3 is 0 Å². The standard InChI is InChI=1S/C20H25N3O2/c1-20(2,23-12-10-16-7-3-4-8-17(16)13-23)15-21-18(24)14-22-11-6-5-9-19(22)25/h3-9,11H,10,12-15H2,1-2H3,(H,21,24). The summed E-state index contributed by atoms with van der Waals surface area (Å²) in [4.78, 5) is 26.3. The Kier molecular flexibility index (Phi) is 5.04. The van der Waals surface area contributed by atoms with Crippen LogP contribution < -0.4 is 10.9 Å². The molecule has 3 rings (SSSR count). The molecule has 1 amide bonds. The number of aromatic nitrogens is 1. The van der Waals surface area contributed by atoms with E-state index in [9.17, 15) is 9.59 Å². The van der Waals surface area contributed by atoms with E-state index in [2.05, 4.69) is 48.3 Å². The lowest BCUT2D eigenvalue weighted by molar-refractivity contribution is -0.122. The minimum Gasteiger partial charge on any atom is -0.353 e. The molecule has 2 heterocycles. The van der Waals surface area contributed by atoms with Crippen molar-refractivity contribution in [3.05, 3.63) is 70.1 Å². The Morgan fingerprint density at radius 1 is 1.12 bits per heavy atom. The summed E-state index contributed by atoms with van der Waals surface area (Å²) < 4.78 is 1.42. The van der Waals surface area contributed by atoms with Crippen molar-refractivity contribution < 1.29 is 4.79 Å². The molecule has 0 radical (unpaired) electrons. The zero-order chi connectivity index (χ0) is 17.9. The third-order valence-electron chi connectivity index (χ3n) is 4.92. The second-order valence-corrected chi connectivity index (χ2v) is 7.20. The zero-order valence-corrected chi connectivity index (χ0v) is 14.9. The normalized spacial score (nSPS) is 14.8. The second-order valence-electron chi connectivity index (χ2n) is 7.20. The highest BCUT2D eigenvalue weighted by Gasteiger charge is 2.30. The number of fused-ring (bicyclic) bond motifs is 1. The van der Waals surface area contributed by atoms with Gasteiger partial charge in [-0.15, -0.1) is 0 Å². The van der Waals surface area contributed by atoms with Crippen molar-refractivity contribution in [2.45, 2.75) is 38.9 Å². The summed E-state index contributed by atoms with van der Waals surface area (Å²) in [6.45, 7) is 6.79. The minimum absolute atomic E-state index is 0.0542. The Labute approximate surface area is 148 Å². The number of nitrogens with one attached hydrogen (secondary N) is 1. The van der Waals surface area contributed by atoms with Crippen molar-refractivity contribution in [2.75, 3.05) is 13.1 Å². The number of hydrogen-bond acceptors (Lipinski definition) is 3. The number of benzene rings is 1. The lowest BCUT2D eigenvalue weighted by atomic mass is 9.94. The fourth-order valence-corrected chi connectivity index (χ4v) is 3.24. The Morgan fingerprint density at radius 3 is 2.60 bits per heavy atom. The maximum atomic E-state index is 12.2. The molecule has 25 heavy (non-hydrogen) atoms. The van der Waals surface area contributed by atoms with Gasteiger partial charge < -0.3 is 9.88 Å². The van der Waals surface area contributed by atoms with Gasteiger partial charge in [0.15, 0.2) is 0 Å². The first-order valence-corrected chi connectivity index (χ1v) is 8.70. The topological polar surface area (TPSA) is 54.3 Å². The van der Waals surface area contributed by atoms with Crippen molar-refractivity contribution in [1.82, 2.24) is 14.8 Å². The molecule has 1 aliphatic rings. The minimum atomic E-state index is -0.162. The summed E-state index contributed by atoms with van der Waals surface area (Å²) >= 11 is 0. The summed E-state index contributed by atoms with van der Waals surface area (Å²) in [5, 5.41) is 2.98. The number of nitrogens with zero attached hydrogens (tertiary/aromatic N) is 2. The van der Waals surface area contributed by atoms with Crippen LogP contribution in [-0.2, 0) is 24.3 Å². The maximum Gasteiger partial charge on any atom is 0.250 e. The second kappa shape index (κ2) is 7.23. The molecule has 0 saturated carbocycles. The van der Waals surface area contributed by atoms with Gasteiger partial charge in [-0.3, -0.25) is 14.5 Å². The van der Waals surface area contributed by atoms with Gasteiger partial charge in [-0.25, -0.2) is 0 Å². The van der Waals surface area contributed by atoms with Crippen LogP contribution >= 0.6 is 0 Å². The van der Waals surface area contributed by atoms with Crippen molar-refractivity contribution in [3.8, 4) is 0 Å². The molecular weight excluding hydrogens is 314 g/mol. The predicted molar refractivity (Wildman–Crippen MR) is 98.3 cm³/mol. The molecule has 1 aliphatic heterocycles. The van der Waals surface area contributed by atoms with Crippen molar-refractivity contribution in [3.63, 3.8) is 0 Å². The van der Waals surface area contributed by atoms with Crippen LogP contribution in [0.5, 0.6) is 0 Å². The Bertz CT molecular complexity index is 810. The summed E-state index contributed by atoms with van der Waals surface area (Å²) in [6.07, 6.45) is 2.67. The summed E-state index contributed by atoms with van der Waals surface area (Å²) in [6, 6.07) is 13.4. The van der Waals surface area contributed by atoms with Crippen LogP contribution in [0.4, 0.5) is 0 Å². The summed E-state index contributed by atoms with van der Waals surface area (Å²) in [5.41, 5.74) is 2.47. The van der Waals surface area contributed by atoms with Gasteiger partial charge in [-0.05, 0) is 37.5 Å². The largest absolute Gasteiger partial charge is 0.353 e. The van der Waals surface area contributed by atoms with Gasteiger partial charge in [0, 0.05) is 37.4 Å². The SMILES string of the molecule is CC(C)(CNC(=O)Cn1ccccc1=O)N1CCc2ccccc2C1. The van der Waals surface area contributed by atoms with E-state index in [4.69, 9.17) is 0 Å². The fourth-order valence-electron chi connectivity index (χ4n) is 3.24. The van der Waals surface area contributed by atoms with Crippen molar-refractivity contribution >= 4 is 5.91 Å². The molecule has 0 aliphatic carbocycles.